The van der Waals surface area contributed by atoms with Crippen molar-refractivity contribution in [2.45, 2.75) is 25.5 Å². The summed E-state index contributed by atoms with van der Waals surface area (Å²) < 4.78 is 11.6. The molecule has 0 aliphatic carbocycles. The third kappa shape index (κ3) is 3.69. The van der Waals surface area contributed by atoms with Crippen LogP contribution >= 0.6 is 0 Å². The Morgan fingerprint density at radius 2 is 2.43 bits per heavy atom. The van der Waals surface area contributed by atoms with Crippen LogP contribution in [0.1, 0.15) is 29.4 Å². The molecule has 23 heavy (non-hydrogen) atoms. The standard InChI is InChI=1S/C12H14N6O5/c19-11(13-5-9-2-1-3-22-9)12-15-10(16-23-12)7-17-6-8(4-14-17)18(20)21/h4,6,9H,1-3,5,7H2,(H,13,19). The lowest BCUT2D eigenvalue weighted by atomic mass is 10.2. The van der Waals surface area contributed by atoms with Crippen LogP contribution in [0, 0.1) is 10.1 Å². The van der Waals surface area contributed by atoms with Crippen LogP contribution < -0.4 is 5.32 Å². The Morgan fingerprint density at radius 1 is 1.57 bits per heavy atom. The van der Waals surface area contributed by atoms with Crippen molar-refractivity contribution in [3.63, 3.8) is 0 Å². The number of hydrogen-bond acceptors (Lipinski definition) is 8. The number of nitro groups is 1. The first-order valence-corrected chi connectivity index (χ1v) is 7.01. The van der Waals surface area contributed by atoms with Crippen LogP contribution in [0.5, 0.6) is 0 Å². The number of amides is 1. The molecule has 1 saturated heterocycles. The largest absolute Gasteiger partial charge is 0.376 e. The number of carbonyl (C=O) groups is 1. The van der Waals surface area contributed by atoms with Crippen molar-refractivity contribution in [1.29, 1.82) is 0 Å². The minimum atomic E-state index is -0.552. The number of nitrogens with one attached hydrogen (secondary N) is 1. The van der Waals surface area contributed by atoms with Gasteiger partial charge in [-0.25, -0.2) is 0 Å². The van der Waals surface area contributed by atoms with E-state index in [0.717, 1.165) is 19.0 Å². The first-order valence-electron chi connectivity index (χ1n) is 7.01. The van der Waals surface area contributed by atoms with Gasteiger partial charge in [-0.15, -0.1) is 0 Å². The number of hydrogen-bond donors (Lipinski definition) is 1. The van der Waals surface area contributed by atoms with E-state index in [1.807, 2.05) is 0 Å². The molecule has 1 aliphatic heterocycles. The molecule has 3 rings (SSSR count). The zero-order valence-corrected chi connectivity index (χ0v) is 12.0. The molecule has 1 fully saturated rings. The van der Waals surface area contributed by atoms with Crippen molar-refractivity contribution in [2.24, 2.45) is 0 Å². The van der Waals surface area contributed by atoms with Crippen LogP contribution in [0.25, 0.3) is 0 Å². The Hall–Kier alpha value is -2.82. The molecule has 122 valence electrons. The Balaban J connectivity index is 1.56. The number of nitrogens with zero attached hydrogens (tertiary/aromatic N) is 5. The van der Waals surface area contributed by atoms with E-state index in [9.17, 15) is 14.9 Å². The molecule has 11 heteroatoms. The van der Waals surface area contributed by atoms with Gasteiger partial charge >= 0.3 is 17.5 Å². The second kappa shape index (κ2) is 6.52. The molecular formula is C12H14N6O5. The minimum Gasteiger partial charge on any atom is -0.376 e. The third-order valence-corrected chi connectivity index (χ3v) is 3.31. The van der Waals surface area contributed by atoms with E-state index in [2.05, 4.69) is 20.6 Å². The van der Waals surface area contributed by atoms with E-state index in [4.69, 9.17) is 9.26 Å². The van der Waals surface area contributed by atoms with E-state index < -0.39 is 10.8 Å². The number of ether oxygens (including phenoxy) is 1. The van der Waals surface area contributed by atoms with Gasteiger partial charge in [0.15, 0.2) is 5.82 Å². The van der Waals surface area contributed by atoms with Gasteiger partial charge in [0.1, 0.15) is 18.9 Å². The normalized spacial score (nSPS) is 17.3. The fraction of sp³-hybridized carbons (Fsp3) is 0.500. The minimum absolute atomic E-state index is 0.0194. The topological polar surface area (TPSA) is 138 Å². The molecule has 0 bridgehead atoms. The van der Waals surface area contributed by atoms with Crippen molar-refractivity contribution in [3.05, 3.63) is 34.2 Å². The van der Waals surface area contributed by atoms with E-state index in [-0.39, 0.29) is 30.1 Å². The highest BCUT2D eigenvalue weighted by atomic mass is 16.6. The van der Waals surface area contributed by atoms with Gasteiger partial charge in [-0.1, -0.05) is 5.16 Å². The number of rotatable bonds is 6. The van der Waals surface area contributed by atoms with Crippen molar-refractivity contribution < 1.29 is 19.0 Å². The maximum absolute atomic E-state index is 11.9. The molecular weight excluding hydrogens is 308 g/mol. The van der Waals surface area contributed by atoms with E-state index in [0.29, 0.717) is 13.2 Å². The van der Waals surface area contributed by atoms with Crippen LogP contribution in [-0.4, -0.2) is 50.0 Å². The molecule has 2 aromatic heterocycles. The monoisotopic (exact) mass is 322 g/mol. The molecule has 1 aliphatic rings. The smallest absolute Gasteiger partial charge is 0.316 e. The van der Waals surface area contributed by atoms with Gasteiger partial charge in [-0.05, 0) is 12.8 Å². The number of aromatic nitrogens is 4. The summed E-state index contributed by atoms with van der Waals surface area (Å²) in [5, 5.41) is 20.7. The molecule has 1 N–H and O–H groups in total. The Kier molecular flexibility index (Phi) is 4.28. The molecule has 2 aromatic rings. The fourth-order valence-electron chi connectivity index (χ4n) is 2.18. The first kappa shape index (κ1) is 15.1. The zero-order chi connectivity index (χ0) is 16.2. The fourth-order valence-corrected chi connectivity index (χ4v) is 2.18. The van der Waals surface area contributed by atoms with Crippen LogP contribution in [0.15, 0.2) is 16.9 Å². The summed E-state index contributed by atoms with van der Waals surface area (Å²) in [4.78, 5) is 25.9. The summed E-state index contributed by atoms with van der Waals surface area (Å²) in [6.45, 7) is 1.17. The van der Waals surface area contributed by atoms with Gasteiger partial charge in [0.2, 0.25) is 0 Å². The van der Waals surface area contributed by atoms with Gasteiger partial charge in [-0.2, -0.15) is 10.1 Å². The predicted molar refractivity (Wildman–Crippen MR) is 73.6 cm³/mol. The van der Waals surface area contributed by atoms with Crippen LogP contribution in [0.2, 0.25) is 0 Å². The maximum atomic E-state index is 11.9. The second-order valence-corrected chi connectivity index (χ2v) is 5.01. The number of carbonyl (C=O) groups excluding carboxylic acids is 1. The highest BCUT2D eigenvalue weighted by Gasteiger charge is 2.20. The lowest BCUT2D eigenvalue weighted by Gasteiger charge is -2.08. The molecule has 0 aromatic carbocycles. The van der Waals surface area contributed by atoms with E-state index in [1.54, 1.807) is 0 Å². The second-order valence-electron chi connectivity index (χ2n) is 5.01. The van der Waals surface area contributed by atoms with Crippen LogP contribution in [-0.2, 0) is 11.3 Å². The summed E-state index contributed by atoms with van der Waals surface area (Å²) in [5.41, 5.74) is -0.136. The molecule has 0 spiro atoms. The van der Waals surface area contributed by atoms with Crippen LogP contribution in [0.4, 0.5) is 5.69 Å². The third-order valence-electron chi connectivity index (χ3n) is 3.31. The Bertz CT molecular complexity index is 704. The molecule has 11 nitrogen and oxygen atoms in total. The van der Waals surface area contributed by atoms with E-state index >= 15 is 0 Å². The molecule has 1 amide bonds. The lowest BCUT2D eigenvalue weighted by molar-refractivity contribution is -0.385. The van der Waals surface area contributed by atoms with Gasteiger partial charge in [0, 0.05) is 13.2 Å². The highest BCUT2D eigenvalue weighted by Crippen LogP contribution is 2.11. The van der Waals surface area contributed by atoms with Gasteiger partial charge in [0.25, 0.3) is 0 Å². The van der Waals surface area contributed by atoms with Gasteiger partial charge in [0.05, 0.1) is 11.0 Å². The SMILES string of the molecule is O=C(NCC1CCCO1)c1nc(Cn2cc([N+](=O)[O-])cn2)no1. The average Bonchev–Trinajstić information content (AvgIpc) is 3.27. The predicted octanol–water partition coefficient (Wildman–Crippen LogP) is 0.131. The lowest BCUT2D eigenvalue weighted by Crippen LogP contribution is -2.31. The van der Waals surface area contributed by atoms with Crippen LogP contribution in [0.3, 0.4) is 0 Å². The van der Waals surface area contributed by atoms with Gasteiger partial charge in [-0.3, -0.25) is 19.6 Å². The molecule has 3 heterocycles. The Morgan fingerprint density at radius 3 is 3.13 bits per heavy atom. The van der Waals surface area contributed by atoms with E-state index in [1.165, 1.54) is 10.9 Å². The highest BCUT2D eigenvalue weighted by molar-refractivity contribution is 5.89. The quantitative estimate of drug-likeness (QED) is 0.585. The first-order chi connectivity index (χ1) is 11.1. The summed E-state index contributed by atoms with van der Waals surface area (Å²) in [6, 6.07) is 0. The van der Waals surface area contributed by atoms with Gasteiger partial charge < -0.3 is 14.6 Å². The zero-order valence-electron chi connectivity index (χ0n) is 12.0. The maximum Gasteiger partial charge on any atom is 0.316 e. The summed E-state index contributed by atoms with van der Waals surface area (Å²) in [7, 11) is 0. The molecule has 0 saturated carbocycles. The van der Waals surface area contributed by atoms with Crippen molar-refractivity contribution >= 4 is 11.6 Å². The van der Waals surface area contributed by atoms with Crippen molar-refractivity contribution in [2.75, 3.05) is 13.2 Å². The summed E-state index contributed by atoms with van der Waals surface area (Å²) in [5.74, 6) is -0.449. The molecule has 0 radical (unpaired) electrons. The molecule has 1 atom stereocenters. The average molecular weight is 322 g/mol. The Labute approximate surface area is 129 Å². The summed E-state index contributed by atoms with van der Waals surface area (Å²) in [6.07, 6.45) is 4.28. The van der Waals surface area contributed by atoms with Crippen molar-refractivity contribution in [1.82, 2.24) is 25.2 Å². The van der Waals surface area contributed by atoms with Crippen molar-refractivity contribution in [3.8, 4) is 0 Å². The molecule has 1 unspecified atom stereocenters. The summed E-state index contributed by atoms with van der Waals surface area (Å²) >= 11 is 0.